The van der Waals surface area contributed by atoms with Crippen molar-refractivity contribution in [3.05, 3.63) is 64.7 Å². The van der Waals surface area contributed by atoms with E-state index in [-0.39, 0.29) is 5.91 Å². The van der Waals surface area contributed by atoms with Crippen LogP contribution >= 0.6 is 11.6 Å². The molecule has 0 radical (unpaired) electrons. The number of quaternary nitrogens is 1. The second-order valence-electron chi connectivity index (χ2n) is 7.44. The minimum absolute atomic E-state index is 0.154. The molecule has 5 heteroatoms. The van der Waals surface area contributed by atoms with Crippen LogP contribution in [0.25, 0.3) is 0 Å². The first-order valence-corrected chi connectivity index (χ1v) is 9.38. The van der Waals surface area contributed by atoms with E-state index in [1.54, 1.807) is 24.3 Å². The Balaban J connectivity index is 1.62. The van der Waals surface area contributed by atoms with Gasteiger partial charge in [-0.05, 0) is 30.3 Å². The van der Waals surface area contributed by atoms with E-state index < -0.39 is 0 Å². The van der Waals surface area contributed by atoms with Gasteiger partial charge in [-0.25, -0.2) is 0 Å². The lowest BCUT2D eigenvalue weighted by molar-refractivity contribution is -0.929. The van der Waals surface area contributed by atoms with Crippen molar-refractivity contribution in [2.24, 2.45) is 0 Å². The SMILES string of the molecule is C[N+](C)(Cc1ccc(NC(=O)c2cccc(Cl)c2)cc1)C1CCOCC1. The third-order valence-electron chi connectivity index (χ3n) is 5.07. The molecule has 2 aromatic carbocycles. The summed E-state index contributed by atoms with van der Waals surface area (Å²) in [6.45, 7) is 2.69. The summed E-state index contributed by atoms with van der Waals surface area (Å²) in [5.74, 6) is -0.154. The van der Waals surface area contributed by atoms with Gasteiger partial charge in [-0.3, -0.25) is 4.79 Å². The molecule has 2 aromatic rings. The smallest absolute Gasteiger partial charge is 0.255 e. The molecule has 0 aromatic heterocycles. The Kier molecular flexibility index (Phi) is 5.97. The first-order valence-electron chi connectivity index (χ1n) is 9.00. The van der Waals surface area contributed by atoms with Gasteiger partial charge in [0, 0.05) is 34.7 Å². The monoisotopic (exact) mass is 373 g/mol. The molecule has 0 saturated carbocycles. The van der Waals surface area contributed by atoms with Gasteiger partial charge in [-0.1, -0.05) is 29.8 Å². The molecule has 0 bridgehead atoms. The first kappa shape index (κ1) is 18.9. The summed E-state index contributed by atoms with van der Waals surface area (Å²) in [7, 11) is 4.57. The Labute approximate surface area is 160 Å². The highest BCUT2D eigenvalue weighted by molar-refractivity contribution is 6.31. The van der Waals surface area contributed by atoms with Gasteiger partial charge >= 0.3 is 0 Å². The largest absolute Gasteiger partial charge is 0.381 e. The molecule has 1 fully saturated rings. The van der Waals surface area contributed by atoms with Crippen LogP contribution in [-0.2, 0) is 11.3 Å². The molecular formula is C21H26ClN2O2+. The summed E-state index contributed by atoms with van der Waals surface area (Å²) in [5, 5.41) is 3.48. The highest BCUT2D eigenvalue weighted by atomic mass is 35.5. The fraction of sp³-hybridized carbons (Fsp3) is 0.381. The fourth-order valence-electron chi connectivity index (χ4n) is 3.51. The van der Waals surface area contributed by atoms with Crippen LogP contribution in [-0.4, -0.2) is 43.7 Å². The molecule has 1 aliphatic heterocycles. The third kappa shape index (κ3) is 4.85. The number of nitrogens with zero attached hydrogens (tertiary/aromatic N) is 1. The standard InChI is InChI=1S/C21H25ClN2O2/c1-24(2,20-10-12-26-13-11-20)15-16-6-8-19(9-7-16)23-21(25)17-4-3-5-18(22)14-17/h3-9,14,20H,10-13,15H2,1-2H3/p+1. The maximum absolute atomic E-state index is 12.3. The van der Waals surface area contributed by atoms with Gasteiger partial charge in [0.15, 0.2) is 0 Å². The Morgan fingerprint density at radius 2 is 1.85 bits per heavy atom. The number of hydrogen-bond acceptors (Lipinski definition) is 2. The van der Waals surface area contributed by atoms with Crippen molar-refractivity contribution in [3.8, 4) is 0 Å². The highest BCUT2D eigenvalue weighted by Gasteiger charge is 2.30. The summed E-state index contributed by atoms with van der Waals surface area (Å²) in [4.78, 5) is 12.3. The molecule has 138 valence electrons. The lowest BCUT2D eigenvalue weighted by Crippen LogP contribution is -2.50. The van der Waals surface area contributed by atoms with E-state index in [9.17, 15) is 4.79 Å². The van der Waals surface area contributed by atoms with Crippen molar-refractivity contribution >= 4 is 23.2 Å². The summed E-state index contributed by atoms with van der Waals surface area (Å²) >= 11 is 5.95. The maximum Gasteiger partial charge on any atom is 0.255 e. The number of halogens is 1. The summed E-state index contributed by atoms with van der Waals surface area (Å²) in [5.41, 5.74) is 2.61. The van der Waals surface area contributed by atoms with Crippen molar-refractivity contribution in [3.63, 3.8) is 0 Å². The minimum atomic E-state index is -0.154. The van der Waals surface area contributed by atoms with Crippen LogP contribution in [0.5, 0.6) is 0 Å². The van der Waals surface area contributed by atoms with Crippen molar-refractivity contribution in [1.82, 2.24) is 0 Å². The maximum atomic E-state index is 12.3. The lowest BCUT2D eigenvalue weighted by Gasteiger charge is -2.40. The average molecular weight is 374 g/mol. The molecule has 4 nitrogen and oxygen atoms in total. The number of hydrogen-bond donors (Lipinski definition) is 1. The zero-order valence-corrected chi connectivity index (χ0v) is 16.1. The zero-order chi connectivity index (χ0) is 18.6. The first-order chi connectivity index (χ1) is 12.4. The number of rotatable bonds is 5. The van der Waals surface area contributed by atoms with E-state index in [0.717, 1.165) is 42.8 Å². The summed E-state index contributed by atoms with van der Waals surface area (Å²) < 4.78 is 6.44. The van der Waals surface area contributed by atoms with Crippen LogP contribution in [0.1, 0.15) is 28.8 Å². The summed E-state index contributed by atoms with van der Waals surface area (Å²) in [6, 6.07) is 15.7. The quantitative estimate of drug-likeness (QED) is 0.791. The molecule has 1 saturated heterocycles. The van der Waals surface area contributed by atoms with Crippen LogP contribution in [0.3, 0.4) is 0 Å². The molecule has 3 rings (SSSR count). The number of nitrogens with one attached hydrogen (secondary N) is 1. The van der Waals surface area contributed by atoms with Gasteiger partial charge in [0.25, 0.3) is 5.91 Å². The van der Waals surface area contributed by atoms with Gasteiger partial charge in [-0.15, -0.1) is 0 Å². The zero-order valence-electron chi connectivity index (χ0n) is 15.4. The van der Waals surface area contributed by atoms with E-state index in [1.807, 2.05) is 12.1 Å². The number of carbonyl (C=O) groups is 1. The van der Waals surface area contributed by atoms with E-state index in [2.05, 4.69) is 31.5 Å². The highest BCUT2D eigenvalue weighted by Crippen LogP contribution is 2.23. The number of carbonyl (C=O) groups excluding carboxylic acids is 1. The van der Waals surface area contributed by atoms with Crippen molar-refractivity contribution < 1.29 is 14.0 Å². The van der Waals surface area contributed by atoms with Crippen LogP contribution < -0.4 is 5.32 Å². The Hall–Kier alpha value is -1.88. The molecule has 0 unspecified atom stereocenters. The van der Waals surface area contributed by atoms with E-state index in [4.69, 9.17) is 16.3 Å². The molecular weight excluding hydrogens is 348 g/mol. The van der Waals surface area contributed by atoms with E-state index in [0.29, 0.717) is 16.6 Å². The number of ether oxygens (including phenoxy) is 1. The normalized spacial score (nSPS) is 15.7. The van der Waals surface area contributed by atoms with Crippen molar-refractivity contribution in [2.75, 3.05) is 32.6 Å². The second kappa shape index (κ2) is 8.21. The predicted octanol–water partition coefficient (Wildman–Crippen LogP) is 4.35. The average Bonchev–Trinajstić information content (AvgIpc) is 2.64. The second-order valence-corrected chi connectivity index (χ2v) is 7.88. The van der Waals surface area contributed by atoms with Gasteiger partial charge in [0.05, 0.1) is 33.4 Å². The van der Waals surface area contributed by atoms with Crippen LogP contribution in [0.4, 0.5) is 5.69 Å². The van der Waals surface area contributed by atoms with Crippen LogP contribution in [0.2, 0.25) is 5.02 Å². The van der Waals surface area contributed by atoms with Gasteiger partial charge < -0.3 is 14.5 Å². The fourth-order valence-corrected chi connectivity index (χ4v) is 3.70. The van der Waals surface area contributed by atoms with Gasteiger partial charge in [0.2, 0.25) is 0 Å². The summed E-state index contributed by atoms with van der Waals surface area (Å²) in [6.07, 6.45) is 2.22. The number of amides is 1. The van der Waals surface area contributed by atoms with Crippen LogP contribution in [0, 0.1) is 0 Å². The van der Waals surface area contributed by atoms with Gasteiger partial charge in [-0.2, -0.15) is 0 Å². The van der Waals surface area contributed by atoms with E-state index >= 15 is 0 Å². The topological polar surface area (TPSA) is 38.3 Å². The lowest BCUT2D eigenvalue weighted by atomic mass is 10.0. The molecule has 1 amide bonds. The molecule has 1 N–H and O–H groups in total. The minimum Gasteiger partial charge on any atom is -0.381 e. The molecule has 0 aliphatic carbocycles. The third-order valence-corrected chi connectivity index (χ3v) is 5.30. The van der Waals surface area contributed by atoms with E-state index in [1.165, 1.54) is 5.56 Å². The predicted molar refractivity (Wildman–Crippen MR) is 106 cm³/mol. The Morgan fingerprint density at radius 3 is 2.50 bits per heavy atom. The molecule has 1 heterocycles. The van der Waals surface area contributed by atoms with Gasteiger partial charge in [0.1, 0.15) is 6.54 Å². The van der Waals surface area contributed by atoms with Crippen molar-refractivity contribution in [1.29, 1.82) is 0 Å². The van der Waals surface area contributed by atoms with Crippen LogP contribution in [0.15, 0.2) is 48.5 Å². The van der Waals surface area contributed by atoms with Crippen molar-refractivity contribution in [2.45, 2.75) is 25.4 Å². The Bertz CT molecular complexity index is 753. The molecule has 0 spiro atoms. The molecule has 26 heavy (non-hydrogen) atoms. The Morgan fingerprint density at radius 1 is 1.15 bits per heavy atom. The molecule has 1 aliphatic rings. The number of anilines is 1. The molecule has 0 atom stereocenters. The number of benzene rings is 2.